The largest absolute Gasteiger partial charge is 0.337 e. The molecule has 2 aromatic carbocycles. The number of amides is 1. The molecule has 0 atom stereocenters. The van der Waals surface area contributed by atoms with E-state index >= 15 is 0 Å². The number of hydrogen-bond donors (Lipinski definition) is 2. The molecule has 0 fully saturated rings. The van der Waals surface area contributed by atoms with Crippen molar-refractivity contribution in [2.24, 2.45) is 5.73 Å². The minimum Gasteiger partial charge on any atom is -0.337 e. The number of benzene rings is 2. The van der Waals surface area contributed by atoms with Gasteiger partial charge >= 0.3 is 0 Å². The van der Waals surface area contributed by atoms with Crippen LogP contribution in [0.5, 0.6) is 0 Å². The summed E-state index contributed by atoms with van der Waals surface area (Å²) in [7, 11) is 0. The van der Waals surface area contributed by atoms with Crippen LogP contribution >= 0.6 is 0 Å². The maximum Gasteiger partial charge on any atom is 0.222 e. The van der Waals surface area contributed by atoms with Crippen LogP contribution in [0, 0.1) is 0 Å². The molecule has 1 amide bonds. The fourth-order valence-electron chi connectivity index (χ4n) is 3.15. The molecule has 146 valence electrons. The second-order valence-electron chi connectivity index (χ2n) is 6.69. The van der Waals surface area contributed by atoms with Gasteiger partial charge in [0.2, 0.25) is 11.7 Å². The number of aromatic nitrogens is 4. The number of carbonyl (C=O) groups is 1. The number of tetrazole rings is 1. The number of nitrogens with zero attached hydrogens (tertiary/aromatic N) is 4. The zero-order valence-corrected chi connectivity index (χ0v) is 16.1. The van der Waals surface area contributed by atoms with Gasteiger partial charge in [0.1, 0.15) is 0 Å². The Morgan fingerprint density at radius 3 is 2.50 bits per heavy atom. The molecule has 0 aliphatic carbocycles. The zero-order valence-electron chi connectivity index (χ0n) is 16.1. The molecular formula is C21H26N6O. The summed E-state index contributed by atoms with van der Waals surface area (Å²) < 4.78 is 0. The first-order valence-electron chi connectivity index (χ1n) is 9.63. The number of H-pyrrole nitrogens is 1. The highest BCUT2D eigenvalue weighted by molar-refractivity contribution is 5.80. The molecule has 3 rings (SSSR count). The van der Waals surface area contributed by atoms with Crippen molar-refractivity contribution in [3.8, 4) is 22.5 Å². The van der Waals surface area contributed by atoms with Crippen molar-refractivity contribution < 1.29 is 4.79 Å². The monoisotopic (exact) mass is 378 g/mol. The number of unbranched alkanes of at least 4 members (excludes halogenated alkanes) is 1. The quantitative estimate of drug-likeness (QED) is 0.596. The van der Waals surface area contributed by atoms with Gasteiger partial charge in [-0.1, -0.05) is 61.9 Å². The lowest BCUT2D eigenvalue weighted by Crippen LogP contribution is -2.34. The molecule has 1 aromatic heterocycles. The third kappa shape index (κ3) is 4.80. The second kappa shape index (κ2) is 9.75. The topological polar surface area (TPSA) is 101 Å². The van der Waals surface area contributed by atoms with Crippen molar-refractivity contribution in [2.45, 2.75) is 32.7 Å². The van der Waals surface area contributed by atoms with E-state index in [0.717, 1.165) is 35.1 Å². The van der Waals surface area contributed by atoms with Gasteiger partial charge in [-0.3, -0.25) is 4.79 Å². The Kier molecular flexibility index (Phi) is 6.86. The third-order valence-electron chi connectivity index (χ3n) is 4.65. The van der Waals surface area contributed by atoms with Crippen LogP contribution in [0.3, 0.4) is 0 Å². The molecule has 28 heavy (non-hydrogen) atoms. The van der Waals surface area contributed by atoms with Crippen LogP contribution in [0.1, 0.15) is 31.7 Å². The Hall–Kier alpha value is -3.06. The number of nitrogens with one attached hydrogen (secondary N) is 1. The van der Waals surface area contributed by atoms with Gasteiger partial charge in [0.05, 0.1) is 0 Å². The van der Waals surface area contributed by atoms with Crippen molar-refractivity contribution in [3.63, 3.8) is 0 Å². The number of carbonyl (C=O) groups excluding carboxylic acids is 1. The Balaban J connectivity index is 1.78. The Morgan fingerprint density at radius 2 is 1.86 bits per heavy atom. The predicted octanol–water partition coefficient (Wildman–Crippen LogP) is 3.01. The fraction of sp³-hybridized carbons (Fsp3) is 0.333. The van der Waals surface area contributed by atoms with Crippen LogP contribution in [0.15, 0.2) is 48.5 Å². The maximum atomic E-state index is 12.4. The zero-order chi connectivity index (χ0) is 19.8. The molecule has 7 heteroatoms. The first-order valence-corrected chi connectivity index (χ1v) is 9.63. The molecule has 7 nitrogen and oxygen atoms in total. The van der Waals surface area contributed by atoms with E-state index in [1.807, 2.05) is 29.2 Å². The van der Waals surface area contributed by atoms with Crippen molar-refractivity contribution in [3.05, 3.63) is 54.1 Å². The predicted molar refractivity (Wildman–Crippen MR) is 109 cm³/mol. The van der Waals surface area contributed by atoms with E-state index < -0.39 is 0 Å². The molecular weight excluding hydrogens is 352 g/mol. The van der Waals surface area contributed by atoms with Gasteiger partial charge in [0.25, 0.3) is 0 Å². The van der Waals surface area contributed by atoms with Gasteiger partial charge in [-0.25, -0.2) is 0 Å². The average Bonchev–Trinajstić information content (AvgIpc) is 3.27. The summed E-state index contributed by atoms with van der Waals surface area (Å²) in [4.78, 5) is 14.3. The molecule has 1 heterocycles. The molecule has 3 aromatic rings. The molecule has 3 N–H and O–H groups in total. The number of nitrogens with two attached hydrogens (primary N) is 1. The van der Waals surface area contributed by atoms with E-state index in [4.69, 9.17) is 5.73 Å². The molecule has 0 aliphatic rings. The van der Waals surface area contributed by atoms with Gasteiger partial charge in [0.15, 0.2) is 0 Å². The van der Waals surface area contributed by atoms with E-state index in [9.17, 15) is 4.79 Å². The van der Waals surface area contributed by atoms with Crippen LogP contribution < -0.4 is 5.73 Å². The van der Waals surface area contributed by atoms with Gasteiger partial charge in [-0.05, 0) is 28.3 Å². The van der Waals surface area contributed by atoms with Crippen molar-refractivity contribution in [1.29, 1.82) is 0 Å². The number of aromatic amines is 1. The summed E-state index contributed by atoms with van der Waals surface area (Å²) in [5.74, 6) is 0.731. The average molecular weight is 378 g/mol. The Bertz CT molecular complexity index is 876. The van der Waals surface area contributed by atoms with Gasteiger partial charge in [0, 0.05) is 31.6 Å². The molecule has 0 saturated heterocycles. The minimum atomic E-state index is 0.166. The summed E-state index contributed by atoms with van der Waals surface area (Å²) in [6, 6.07) is 16.2. The van der Waals surface area contributed by atoms with Crippen LogP contribution in [0.2, 0.25) is 0 Å². The van der Waals surface area contributed by atoms with Crippen molar-refractivity contribution in [1.82, 2.24) is 25.5 Å². The van der Waals surface area contributed by atoms with E-state index in [2.05, 4.69) is 51.8 Å². The molecule has 0 spiro atoms. The van der Waals surface area contributed by atoms with E-state index in [0.29, 0.717) is 31.9 Å². The summed E-state index contributed by atoms with van der Waals surface area (Å²) in [5.41, 5.74) is 9.80. The lowest BCUT2D eigenvalue weighted by atomic mass is 9.98. The van der Waals surface area contributed by atoms with Crippen LogP contribution in [-0.2, 0) is 11.3 Å². The van der Waals surface area contributed by atoms with E-state index in [-0.39, 0.29) is 5.91 Å². The van der Waals surface area contributed by atoms with Crippen LogP contribution in [0.4, 0.5) is 0 Å². The lowest BCUT2D eigenvalue weighted by molar-refractivity contribution is -0.131. The molecule has 0 saturated carbocycles. The number of rotatable bonds is 9. The van der Waals surface area contributed by atoms with Crippen molar-refractivity contribution >= 4 is 5.91 Å². The third-order valence-corrected chi connectivity index (χ3v) is 4.65. The number of hydrogen-bond acceptors (Lipinski definition) is 5. The summed E-state index contributed by atoms with van der Waals surface area (Å²) >= 11 is 0. The maximum absolute atomic E-state index is 12.4. The standard InChI is InChI=1S/C21H26N6O/c1-2-3-8-20(28)27(14-13-22)15-16-9-11-17(12-10-16)18-6-4-5-7-19(18)21-23-25-26-24-21/h4-7,9-12H,2-3,8,13-15,22H2,1H3,(H,23,24,25,26). The normalized spacial score (nSPS) is 10.8. The highest BCUT2D eigenvalue weighted by atomic mass is 16.2. The Morgan fingerprint density at radius 1 is 1.11 bits per heavy atom. The summed E-state index contributed by atoms with van der Waals surface area (Å²) in [6.07, 6.45) is 2.50. The highest BCUT2D eigenvalue weighted by Gasteiger charge is 2.14. The van der Waals surface area contributed by atoms with Crippen LogP contribution in [-0.4, -0.2) is 44.5 Å². The van der Waals surface area contributed by atoms with Gasteiger partial charge in [-0.2, -0.15) is 5.21 Å². The Labute approximate surface area is 164 Å². The highest BCUT2D eigenvalue weighted by Crippen LogP contribution is 2.29. The van der Waals surface area contributed by atoms with E-state index in [1.165, 1.54) is 0 Å². The fourth-order valence-corrected chi connectivity index (χ4v) is 3.15. The first kappa shape index (κ1) is 19.7. The summed E-state index contributed by atoms with van der Waals surface area (Å²) in [6.45, 7) is 3.71. The minimum absolute atomic E-state index is 0.166. The van der Waals surface area contributed by atoms with Crippen LogP contribution in [0.25, 0.3) is 22.5 Å². The van der Waals surface area contributed by atoms with Crippen molar-refractivity contribution in [2.75, 3.05) is 13.1 Å². The molecule has 0 bridgehead atoms. The molecule has 0 radical (unpaired) electrons. The SMILES string of the molecule is CCCCC(=O)N(CCN)Cc1ccc(-c2ccccc2-c2nn[nH]n2)cc1. The first-order chi connectivity index (χ1) is 13.7. The lowest BCUT2D eigenvalue weighted by Gasteiger charge is -2.22. The van der Waals surface area contributed by atoms with Gasteiger partial charge < -0.3 is 10.6 Å². The van der Waals surface area contributed by atoms with Gasteiger partial charge in [-0.15, -0.1) is 10.2 Å². The summed E-state index contributed by atoms with van der Waals surface area (Å²) in [5, 5.41) is 14.3. The second-order valence-corrected chi connectivity index (χ2v) is 6.69. The molecule has 0 aliphatic heterocycles. The molecule has 0 unspecified atom stereocenters. The van der Waals surface area contributed by atoms with E-state index in [1.54, 1.807) is 0 Å². The smallest absolute Gasteiger partial charge is 0.222 e.